The minimum Gasteiger partial charge on any atom is -0.375 e. The van der Waals surface area contributed by atoms with E-state index in [0.717, 1.165) is 12.2 Å². The number of nitrogen functional groups attached to an aromatic ring is 1. The molecule has 3 nitrogen and oxygen atoms in total. The zero-order valence-corrected chi connectivity index (χ0v) is 7.61. The Kier molecular flexibility index (Phi) is 2.84. The lowest BCUT2D eigenvalue weighted by Crippen LogP contribution is -2.17. The summed E-state index contributed by atoms with van der Waals surface area (Å²) in [6.45, 7) is 5.11. The van der Waals surface area contributed by atoms with E-state index in [1.54, 1.807) is 0 Å². The average Bonchev–Trinajstić information content (AvgIpc) is 2.36. The number of thiazole rings is 1. The molecule has 1 unspecified atom stereocenters. The van der Waals surface area contributed by atoms with E-state index < -0.39 is 0 Å². The maximum absolute atomic E-state index is 5.49. The van der Waals surface area contributed by atoms with Crippen LogP contribution in [0.15, 0.2) is 5.38 Å². The summed E-state index contributed by atoms with van der Waals surface area (Å²) in [5, 5.41) is 5.90. The number of rotatable bonds is 3. The summed E-state index contributed by atoms with van der Waals surface area (Å²) in [4.78, 5) is 4.16. The summed E-state index contributed by atoms with van der Waals surface area (Å²) in [7, 11) is 0. The van der Waals surface area contributed by atoms with E-state index in [9.17, 15) is 0 Å². The molecule has 0 bridgehead atoms. The molecule has 0 radical (unpaired) electrons. The van der Waals surface area contributed by atoms with Gasteiger partial charge in [-0.1, -0.05) is 6.92 Å². The van der Waals surface area contributed by atoms with Crippen LogP contribution in [0.25, 0.3) is 0 Å². The number of aromatic nitrogens is 1. The highest BCUT2D eigenvalue weighted by molar-refractivity contribution is 7.13. The molecule has 1 atom stereocenters. The number of nitrogens with two attached hydrogens (primary N) is 1. The lowest BCUT2D eigenvalue weighted by Gasteiger charge is -2.07. The maximum Gasteiger partial charge on any atom is 0.180 e. The molecule has 0 fully saturated rings. The zero-order valence-electron chi connectivity index (χ0n) is 6.79. The van der Waals surface area contributed by atoms with Crippen LogP contribution in [0.2, 0.25) is 0 Å². The summed E-state index contributed by atoms with van der Waals surface area (Å²) in [6.07, 6.45) is 0. The van der Waals surface area contributed by atoms with Crippen LogP contribution in [-0.2, 0) is 0 Å². The molecule has 0 aliphatic carbocycles. The van der Waals surface area contributed by atoms with Gasteiger partial charge in [-0.05, 0) is 13.5 Å². The Morgan fingerprint density at radius 2 is 2.55 bits per heavy atom. The molecule has 0 saturated carbocycles. The van der Waals surface area contributed by atoms with Gasteiger partial charge in [0.15, 0.2) is 5.13 Å². The Morgan fingerprint density at radius 3 is 3.00 bits per heavy atom. The zero-order chi connectivity index (χ0) is 8.27. The first-order valence-corrected chi connectivity index (χ1v) is 4.56. The molecule has 1 aromatic heterocycles. The molecule has 1 rings (SSSR count). The van der Waals surface area contributed by atoms with E-state index in [2.05, 4.69) is 24.1 Å². The van der Waals surface area contributed by atoms with E-state index in [-0.39, 0.29) is 0 Å². The van der Waals surface area contributed by atoms with Crippen LogP contribution >= 0.6 is 11.3 Å². The molecule has 0 spiro atoms. The van der Waals surface area contributed by atoms with Gasteiger partial charge in [-0.2, -0.15) is 0 Å². The van der Waals surface area contributed by atoms with Crippen molar-refractivity contribution in [1.82, 2.24) is 10.3 Å². The van der Waals surface area contributed by atoms with Crippen LogP contribution in [0.1, 0.15) is 25.6 Å². The molecule has 0 aromatic carbocycles. The van der Waals surface area contributed by atoms with Gasteiger partial charge < -0.3 is 11.1 Å². The second kappa shape index (κ2) is 3.69. The van der Waals surface area contributed by atoms with Crippen LogP contribution in [-0.4, -0.2) is 11.5 Å². The van der Waals surface area contributed by atoms with Crippen molar-refractivity contribution in [2.75, 3.05) is 12.3 Å². The molecule has 1 aromatic rings. The molecule has 62 valence electrons. The highest BCUT2D eigenvalue weighted by Gasteiger charge is 2.06. The smallest absolute Gasteiger partial charge is 0.180 e. The standard InChI is InChI=1S/C7H13N3S/c1-3-9-5(2)6-4-11-7(8)10-6/h4-5,9H,3H2,1-2H3,(H2,8,10). The molecule has 3 N–H and O–H groups in total. The largest absolute Gasteiger partial charge is 0.375 e. The third-order valence-corrected chi connectivity index (χ3v) is 2.19. The van der Waals surface area contributed by atoms with Gasteiger partial charge in [0.05, 0.1) is 5.69 Å². The quantitative estimate of drug-likeness (QED) is 0.722. The van der Waals surface area contributed by atoms with Gasteiger partial charge in [-0.25, -0.2) is 4.98 Å². The number of hydrogen-bond donors (Lipinski definition) is 2. The maximum atomic E-state index is 5.49. The molecule has 11 heavy (non-hydrogen) atoms. The van der Waals surface area contributed by atoms with Gasteiger partial charge in [0, 0.05) is 11.4 Å². The molecular formula is C7H13N3S. The molecule has 1 heterocycles. The topological polar surface area (TPSA) is 50.9 Å². The predicted octanol–water partition coefficient (Wildman–Crippen LogP) is 1.40. The Balaban J connectivity index is 2.60. The second-order valence-corrected chi connectivity index (χ2v) is 3.28. The first-order valence-electron chi connectivity index (χ1n) is 3.68. The Bertz CT molecular complexity index is 221. The fraction of sp³-hybridized carbons (Fsp3) is 0.571. The van der Waals surface area contributed by atoms with Crippen molar-refractivity contribution in [2.45, 2.75) is 19.9 Å². The van der Waals surface area contributed by atoms with E-state index in [1.807, 2.05) is 5.38 Å². The van der Waals surface area contributed by atoms with Crippen molar-refractivity contribution in [2.24, 2.45) is 0 Å². The van der Waals surface area contributed by atoms with Crippen LogP contribution in [0.3, 0.4) is 0 Å². The minimum absolute atomic E-state index is 0.313. The van der Waals surface area contributed by atoms with E-state index in [4.69, 9.17) is 5.73 Å². The third-order valence-electron chi connectivity index (χ3n) is 1.49. The van der Waals surface area contributed by atoms with Crippen molar-refractivity contribution in [3.8, 4) is 0 Å². The predicted molar refractivity (Wildman–Crippen MR) is 48.6 cm³/mol. The van der Waals surface area contributed by atoms with E-state index in [1.165, 1.54) is 11.3 Å². The lowest BCUT2D eigenvalue weighted by molar-refractivity contribution is 0.587. The van der Waals surface area contributed by atoms with Crippen LogP contribution in [0.4, 0.5) is 5.13 Å². The molecule has 0 amide bonds. The van der Waals surface area contributed by atoms with Gasteiger partial charge in [-0.3, -0.25) is 0 Å². The van der Waals surface area contributed by atoms with E-state index in [0.29, 0.717) is 11.2 Å². The Morgan fingerprint density at radius 1 is 1.82 bits per heavy atom. The van der Waals surface area contributed by atoms with Crippen LogP contribution in [0.5, 0.6) is 0 Å². The summed E-state index contributed by atoms with van der Waals surface area (Å²) in [5.41, 5.74) is 6.53. The monoisotopic (exact) mass is 171 g/mol. The van der Waals surface area contributed by atoms with Crippen LogP contribution in [0, 0.1) is 0 Å². The van der Waals surface area contributed by atoms with Crippen molar-refractivity contribution in [3.05, 3.63) is 11.1 Å². The summed E-state index contributed by atoms with van der Waals surface area (Å²) < 4.78 is 0. The Hall–Kier alpha value is -0.610. The lowest BCUT2D eigenvalue weighted by atomic mass is 10.3. The van der Waals surface area contributed by atoms with Gasteiger partial charge in [0.25, 0.3) is 0 Å². The minimum atomic E-state index is 0.313. The van der Waals surface area contributed by atoms with Gasteiger partial charge in [0.1, 0.15) is 0 Å². The average molecular weight is 171 g/mol. The van der Waals surface area contributed by atoms with Gasteiger partial charge in [0.2, 0.25) is 0 Å². The molecule has 0 saturated heterocycles. The van der Waals surface area contributed by atoms with Crippen molar-refractivity contribution in [3.63, 3.8) is 0 Å². The highest BCUT2D eigenvalue weighted by Crippen LogP contribution is 2.17. The van der Waals surface area contributed by atoms with Crippen molar-refractivity contribution < 1.29 is 0 Å². The second-order valence-electron chi connectivity index (χ2n) is 2.39. The molecule has 0 aliphatic rings. The molecule has 0 aliphatic heterocycles. The van der Waals surface area contributed by atoms with Gasteiger partial charge >= 0.3 is 0 Å². The number of nitrogens with one attached hydrogen (secondary N) is 1. The van der Waals surface area contributed by atoms with Crippen molar-refractivity contribution >= 4 is 16.5 Å². The fourth-order valence-electron chi connectivity index (χ4n) is 0.910. The summed E-state index contributed by atoms with van der Waals surface area (Å²) in [6, 6.07) is 0.313. The van der Waals surface area contributed by atoms with Crippen molar-refractivity contribution in [1.29, 1.82) is 0 Å². The van der Waals surface area contributed by atoms with Gasteiger partial charge in [-0.15, -0.1) is 11.3 Å². The number of hydrogen-bond acceptors (Lipinski definition) is 4. The Labute approximate surface area is 70.6 Å². The number of anilines is 1. The normalized spacial score (nSPS) is 13.3. The summed E-state index contributed by atoms with van der Waals surface area (Å²) in [5.74, 6) is 0. The molecule has 4 heteroatoms. The third kappa shape index (κ3) is 2.17. The van der Waals surface area contributed by atoms with Crippen LogP contribution < -0.4 is 11.1 Å². The summed E-state index contributed by atoms with van der Waals surface area (Å²) >= 11 is 1.49. The van der Waals surface area contributed by atoms with E-state index >= 15 is 0 Å². The first kappa shape index (κ1) is 8.49. The fourth-order valence-corrected chi connectivity index (χ4v) is 1.57. The first-order chi connectivity index (χ1) is 5.24. The highest BCUT2D eigenvalue weighted by atomic mass is 32.1. The number of nitrogens with zero attached hydrogens (tertiary/aromatic N) is 1. The molecular weight excluding hydrogens is 158 g/mol. The SMILES string of the molecule is CCNC(C)c1csc(N)n1.